The first-order chi connectivity index (χ1) is 9.48. The van der Waals surface area contributed by atoms with Crippen molar-refractivity contribution < 1.29 is 14.3 Å². The van der Waals surface area contributed by atoms with Crippen LogP contribution in [0.25, 0.3) is 0 Å². The maximum absolute atomic E-state index is 12.3. The van der Waals surface area contributed by atoms with E-state index in [4.69, 9.17) is 4.74 Å². The molecule has 0 saturated carbocycles. The van der Waals surface area contributed by atoms with Crippen LogP contribution in [0.4, 0.5) is 5.69 Å². The van der Waals surface area contributed by atoms with Gasteiger partial charge in [0.15, 0.2) is 5.78 Å². The van der Waals surface area contributed by atoms with Gasteiger partial charge in [-0.05, 0) is 50.5 Å². The molecule has 2 aliphatic heterocycles. The number of ether oxygens (including phenoxy) is 1. The molecule has 0 aromatic heterocycles. The first kappa shape index (κ1) is 13.3. The van der Waals surface area contributed by atoms with E-state index in [1.807, 2.05) is 26.0 Å². The number of fused-ring (bicyclic) bond motifs is 1. The fourth-order valence-corrected chi connectivity index (χ4v) is 2.87. The van der Waals surface area contributed by atoms with Crippen molar-refractivity contribution in [1.29, 1.82) is 0 Å². The maximum atomic E-state index is 12.3. The Balaban J connectivity index is 1.84. The molecule has 1 aromatic carbocycles. The Hall–Kier alpha value is -1.68. The molecule has 2 aliphatic rings. The number of anilines is 1. The zero-order valence-corrected chi connectivity index (χ0v) is 11.9. The van der Waals surface area contributed by atoms with Crippen LogP contribution in [0.5, 0.6) is 0 Å². The molecule has 0 bridgehead atoms. The van der Waals surface area contributed by atoms with Crippen molar-refractivity contribution in [2.75, 3.05) is 11.9 Å². The van der Waals surface area contributed by atoms with Gasteiger partial charge in [-0.2, -0.15) is 0 Å². The monoisotopic (exact) mass is 273 g/mol. The SMILES string of the molecule is CC1(C)C(=O)Nc2ccc(C(=O)CC3CCCO3)cc21. The predicted molar refractivity (Wildman–Crippen MR) is 76.0 cm³/mol. The van der Waals surface area contributed by atoms with E-state index in [1.165, 1.54) is 0 Å². The molecule has 4 heteroatoms. The summed E-state index contributed by atoms with van der Waals surface area (Å²) < 4.78 is 5.51. The quantitative estimate of drug-likeness (QED) is 0.861. The smallest absolute Gasteiger partial charge is 0.234 e. The van der Waals surface area contributed by atoms with Crippen molar-refractivity contribution in [3.05, 3.63) is 29.3 Å². The van der Waals surface area contributed by atoms with Crippen molar-refractivity contribution >= 4 is 17.4 Å². The molecular formula is C16H19NO3. The van der Waals surface area contributed by atoms with Gasteiger partial charge in [0.05, 0.1) is 11.5 Å². The zero-order valence-electron chi connectivity index (χ0n) is 11.9. The van der Waals surface area contributed by atoms with Crippen LogP contribution in [-0.4, -0.2) is 24.4 Å². The summed E-state index contributed by atoms with van der Waals surface area (Å²) in [6.07, 6.45) is 2.49. The van der Waals surface area contributed by atoms with Crippen molar-refractivity contribution in [1.82, 2.24) is 0 Å². The number of carbonyl (C=O) groups is 2. The lowest BCUT2D eigenvalue weighted by atomic mass is 9.85. The Morgan fingerprint density at radius 3 is 2.95 bits per heavy atom. The van der Waals surface area contributed by atoms with Crippen molar-refractivity contribution in [2.24, 2.45) is 0 Å². The topological polar surface area (TPSA) is 55.4 Å². The minimum absolute atomic E-state index is 0.0174. The Kier molecular flexibility index (Phi) is 3.13. The van der Waals surface area contributed by atoms with Gasteiger partial charge in [-0.3, -0.25) is 9.59 Å². The lowest BCUT2D eigenvalue weighted by molar-refractivity contribution is -0.119. The standard InChI is InChI=1S/C16H19NO3/c1-16(2)12-8-10(5-6-13(12)17-15(16)19)14(18)9-11-4-3-7-20-11/h5-6,8,11H,3-4,7,9H2,1-2H3,(H,17,19). The van der Waals surface area contributed by atoms with Crippen LogP contribution in [0.15, 0.2) is 18.2 Å². The predicted octanol–water partition coefficient (Wildman–Crippen LogP) is 2.67. The number of Topliss-reactive ketones (excluding diaryl/α,β-unsaturated/α-hetero) is 1. The highest BCUT2D eigenvalue weighted by Crippen LogP contribution is 2.37. The Labute approximate surface area is 118 Å². The molecule has 1 N–H and O–H groups in total. The molecule has 1 aromatic rings. The average molecular weight is 273 g/mol. The molecule has 3 rings (SSSR count). The Morgan fingerprint density at radius 2 is 2.25 bits per heavy atom. The summed E-state index contributed by atoms with van der Waals surface area (Å²) in [5, 5.41) is 2.85. The van der Waals surface area contributed by atoms with Crippen molar-refractivity contribution in [3.8, 4) is 0 Å². The third-order valence-electron chi connectivity index (χ3n) is 4.27. The summed E-state index contributed by atoms with van der Waals surface area (Å²) in [4.78, 5) is 24.2. The van der Waals surface area contributed by atoms with Crippen LogP contribution < -0.4 is 5.32 Å². The largest absolute Gasteiger partial charge is 0.378 e. The minimum Gasteiger partial charge on any atom is -0.378 e. The average Bonchev–Trinajstić information content (AvgIpc) is 2.98. The molecule has 106 valence electrons. The second kappa shape index (κ2) is 4.70. The van der Waals surface area contributed by atoms with Gasteiger partial charge in [0, 0.05) is 24.3 Å². The van der Waals surface area contributed by atoms with Gasteiger partial charge in [0.1, 0.15) is 0 Å². The van der Waals surface area contributed by atoms with Gasteiger partial charge < -0.3 is 10.1 Å². The zero-order chi connectivity index (χ0) is 14.3. The highest BCUT2D eigenvalue weighted by molar-refractivity contribution is 6.07. The summed E-state index contributed by atoms with van der Waals surface area (Å²) >= 11 is 0. The highest BCUT2D eigenvalue weighted by atomic mass is 16.5. The first-order valence-electron chi connectivity index (χ1n) is 7.09. The number of ketones is 1. The summed E-state index contributed by atoms with van der Waals surface area (Å²) in [6.45, 7) is 4.51. The molecule has 1 fully saturated rings. The molecule has 0 spiro atoms. The van der Waals surface area contributed by atoms with Crippen LogP contribution in [0, 0.1) is 0 Å². The summed E-state index contributed by atoms with van der Waals surface area (Å²) in [6, 6.07) is 5.47. The van der Waals surface area contributed by atoms with E-state index in [1.54, 1.807) is 6.07 Å². The van der Waals surface area contributed by atoms with Gasteiger partial charge >= 0.3 is 0 Å². The fourth-order valence-electron chi connectivity index (χ4n) is 2.87. The summed E-state index contributed by atoms with van der Waals surface area (Å²) in [5.74, 6) is 0.0751. The second-order valence-corrected chi connectivity index (χ2v) is 6.10. The molecular weight excluding hydrogens is 254 g/mol. The second-order valence-electron chi connectivity index (χ2n) is 6.10. The van der Waals surface area contributed by atoms with Crippen LogP contribution in [0.3, 0.4) is 0 Å². The Morgan fingerprint density at radius 1 is 1.45 bits per heavy atom. The number of amides is 1. The number of benzene rings is 1. The normalized spacial score (nSPS) is 23.5. The minimum atomic E-state index is -0.574. The van der Waals surface area contributed by atoms with Crippen molar-refractivity contribution in [2.45, 2.75) is 44.6 Å². The fraction of sp³-hybridized carbons (Fsp3) is 0.500. The van der Waals surface area contributed by atoms with Crippen LogP contribution >= 0.6 is 0 Å². The molecule has 1 unspecified atom stereocenters. The van der Waals surface area contributed by atoms with E-state index < -0.39 is 5.41 Å². The molecule has 2 heterocycles. The van der Waals surface area contributed by atoms with Gasteiger partial charge in [-0.15, -0.1) is 0 Å². The number of rotatable bonds is 3. The third kappa shape index (κ3) is 2.14. The first-order valence-corrected chi connectivity index (χ1v) is 7.09. The van der Waals surface area contributed by atoms with E-state index in [-0.39, 0.29) is 17.8 Å². The maximum Gasteiger partial charge on any atom is 0.234 e. The van der Waals surface area contributed by atoms with Gasteiger partial charge in [-0.1, -0.05) is 0 Å². The number of hydrogen-bond donors (Lipinski definition) is 1. The summed E-state index contributed by atoms with van der Waals surface area (Å²) in [7, 11) is 0. The van der Waals surface area contributed by atoms with E-state index in [2.05, 4.69) is 5.32 Å². The summed E-state index contributed by atoms with van der Waals surface area (Å²) in [5.41, 5.74) is 1.81. The highest BCUT2D eigenvalue weighted by Gasteiger charge is 2.38. The van der Waals surface area contributed by atoms with Gasteiger partial charge in [-0.25, -0.2) is 0 Å². The van der Waals surface area contributed by atoms with Crippen molar-refractivity contribution in [3.63, 3.8) is 0 Å². The molecule has 1 atom stereocenters. The molecule has 4 nitrogen and oxygen atoms in total. The number of hydrogen-bond acceptors (Lipinski definition) is 3. The van der Waals surface area contributed by atoms with Gasteiger partial charge in [0.2, 0.25) is 5.91 Å². The van der Waals surface area contributed by atoms with E-state index in [0.29, 0.717) is 12.0 Å². The Bertz CT molecular complexity index is 571. The van der Waals surface area contributed by atoms with Gasteiger partial charge in [0.25, 0.3) is 0 Å². The molecule has 1 saturated heterocycles. The molecule has 20 heavy (non-hydrogen) atoms. The van der Waals surface area contributed by atoms with Crippen LogP contribution in [0.1, 0.15) is 49.0 Å². The van der Waals surface area contributed by atoms with E-state index in [9.17, 15) is 9.59 Å². The van der Waals surface area contributed by atoms with E-state index in [0.717, 1.165) is 30.7 Å². The third-order valence-corrected chi connectivity index (χ3v) is 4.27. The molecule has 1 amide bonds. The molecule has 0 radical (unpaired) electrons. The van der Waals surface area contributed by atoms with E-state index >= 15 is 0 Å². The van der Waals surface area contributed by atoms with Crippen LogP contribution in [-0.2, 0) is 14.9 Å². The number of nitrogens with one attached hydrogen (secondary N) is 1. The molecule has 0 aliphatic carbocycles. The number of carbonyl (C=O) groups excluding carboxylic acids is 2. The van der Waals surface area contributed by atoms with Crippen LogP contribution in [0.2, 0.25) is 0 Å². The lowest BCUT2D eigenvalue weighted by Crippen LogP contribution is -2.27. The lowest BCUT2D eigenvalue weighted by Gasteiger charge is -2.16.